The first kappa shape index (κ1) is 19.9. The molecule has 0 spiro atoms. The van der Waals surface area contributed by atoms with Crippen LogP contribution >= 0.6 is 0 Å². The molecule has 1 unspecified atom stereocenters. The quantitative estimate of drug-likeness (QED) is 0.344. The highest BCUT2D eigenvalue weighted by atomic mass is 16.5. The van der Waals surface area contributed by atoms with E-state index in [1.54, 1.807) is 0 Å². The molecule has 0 fully saturated rings. The highest BCUT2D eigenvalue weighted by Crippen LogP contribution is 2.21. The van der Waals surface area contributed by atoms with Crippen molar-refractivity contribution in [2.24, 2.45) is 5.92 Å². The molecule has 2 nitrogen and oxygen atoms in total. The molecule has 0 saturated heterocycles. The van der Waals surface area contributed by atoms with Gasteiger partial charge in [0.1, 0.15) is 0 Å². The summed E-state index contributed by atoms with van der Waals surface area (Å²) in [4.78, 5) is 0. The van der Waals surface area contributed by atoms with Gasteiger partial charge in [-0.15, -0.1) is 0 Å². The predicted molar refractivity (Wildman–Crippen MR) is 88.3 cm³/mol. The van der Waals surface area contributed by atoms with Crippen LogP contribution in [-0.2, 0) is 9.47 Å². The lowest BCUT2D eigenvalue weighted by atomic mass is 9.92. The largest absolute Gasteiger partial charge is 0.379 e. The molecule has 0 radical (unpaired) electrons. The SMILES string of the molecule is CCCCCCC(CCCCC)CCOCCOCC. The Kier molecular flexibility index (Phi) is 16.9. The molecular weight excluding hydrogens is 248 g/mol. The van der Waals surface area contributed by atoms with Gasteiger partial charge < -0.3 is 9.47 Å². The molecule has 0 rings (SSSR count). The molecule has 122 valence electrons. The molecule has 0 heterocycles. The lowest BCUT2D eigenvalue weighted by Gasteiger charge is -2.17. The third kappa shape index (κ3) is 14.3. The number of hydrogen-bond acceptors (Lipinski definition) is 2. The van der Waals surface area contributed by atoms with Crippen LogP contribution in [0.15, 0.2) is 0 Å². The summed E-state index contributed by atoms with van der Waals surface area (Å²) in [6.07, 6.45) is 13.7. The van der Waals surface area contributed by atoms with Crippen LogP contribution in [0.5, 0.6) is 0 Å². The molecular formula is C18H38O2. The van der Waals surface area contributed by atoms with Gasteiger partial charge in [-0.25, -0.2) is 0 Å². The van der Waals surface area contributed by atoms with Crippen LogP contribution in [0, 0.1) is 5.92 Å². The summed E-state index contributed by atoms with van der Waals surface area (Å²) in [5.74, 6) is 0.880. The standard InChI is InChI=1S/C18H38O2/c1-4-7-9-11-13-18(12-10-8-5-2)14-15-20-17-16-19-6-3/h18H,4-17H2,1-3H3. The first-order valence-electron chi connectivity index (χ1n) is 9.00. The Morgan fingerprint density at radius 1 is 0.600 bits per heavy atom. The molecule has 0 saturated carbocycles. The molecule has 0 aromatic heterocycles. The van der Waals surface area contributed by atoms with Crippen LogP contribution in [-0.4, -0.2) is 26.4 Å². The molecule has 0 aromatic rings. The fourth-order valence-electron chi connectivity index (χ4n) is 2.59. The fourth-order valence-corrected chi connectivity index (χ4v) is 2.59. The molecule has 20 heavy (non-hydrogen) atoms. The zero-order chi connectivity index (χ0) is 14.9. The average molecular weight is 286 g/mol. The summed E-state index contributed by atoms with van der Waals surface area (Å²) in [7, 11) is 0. The average Bonchev–Trinajstić information content (AvgIpc) is 2.46. The van der Waals surface area contributed by atoms with Gasteiger partial charge in [-0.2, -0.15) is 0 Å². The number of ether oxygens (including phenoxy) is 2. The molecule has 0 aliphatic carbocycles. The maximum absolute atomic E-state index is 5.67. The van der Waals surface area contributed by atoms with E-state index in [0.717, 1.165) is 32.3 Å². The minimum absolute atomic E-state index is 0.744. The van der Waals surface area contributed by atoms with Crippen LogP contribution < -0.4 is 0 Å². The zero-order valence-corrected chi connectivity index (χ0v) is 14.3. The zero-order valence-electron chi connectivity index (χ0n) is 14.3. The van der Waals surface area contributed by atoms with Gasteiger partial charge in [0.25, 0.3) is 0 Å². The molecule has 0 aromatic carbocycles. The summed E-state index contributed by atoms with van der Waals surface area (Å²) < 4.78 is 11.0. The van der Waals surface area contributed by atoms with E-state index >= 15 is 0 Å². The van der Waals surface area contributed by atoms with Crippen molar-refractivity contribution in [2.75, 3.05) is 26.4 Å². The second kappa shape index (κ2) is 17.0. The lowest BCUT2D eigenvalue weighted by molar-refractivity contribution is 0.0464. The summed E-state index contributed by atoms with van der Waals surface area (Å²) in [5.41, 5.74) is 0. The summed E-state index contributed by atoms with van der Waals surface area (Å²) >= 11 is 0. The van der Waals surface area contributed by atoms with Crippen LogP contribution in [0.25, 0.3) is 0 Å². The van der Waals surface area contributed by atoms with Crippen LogP contribution in [0.1, 0.15) is 85.0 Å². The van der Waals surface area contributed by atoms with Crippen molar-refractivity contribution in [2.45, 2.75) is 85.0 Å². The van der Waals surface area contributed by atoms with Gasteiger partial charge in [0, 0.05) is 13.2 Å². The van der Waals surface area contributed by atoms with Gasteiger partial charge in [-0.1, -0.05) is 71.6 Å². The smallest absolute Gasteiger partial charge is 0.0700 e. The van der Waals surface area contributed by atoms with E-state index in [1.807, 2.05) is 6.92 Å². The third-order valence-corrected chi connectivity index (χ3v) is 3.93. The van der Waals surface area contributed by atoms with Crippen molar-refractivity contribution in [1.82, 2.24) is 0 Å². The van der Waals surface area contributed by atoms with E-state index < -0.39 is 0 Å². The maximum atomic E-state index is 5.67. The first-order chi connectivity index (χ1) is 9.85. The number of rotatable bonds is 16. The number of hydrogen-bond donors (Lipinski definition) is 0. The highest BCUT2D eigenvalue weighted by molar-refractivity contribution is 4.60. The maximum Gasteiger partial charge on any atom is 0.0700 e. The molecule has 2 heteroatoms. The van der Waals surface area contributed by atoms with E-state index in [2.05, 4.69) is 13.8 Å². The van der Waals surface area contributed by atoms with Gasteiger partial charge in [-0.3, -0.25) is 0 Å². The number of unbranched alkanes of at least 4 members (excludes halogenated alkanes) is 5. The van der Waals surface area contributed by atoms with Crippen LogP contribution in [0.4, 0.5) is 0 Å². The van der Waals surface area contributed by atoms with Crippen LogP contribution in [0.3, 0.4) is 0 Å². The van der Waals surface area contributed by atoms with Gasteiger partial charge in [-0.05, 0) is 19.3 Å². The van der Waals surface area contributed by atoms with E-state index in [4.69, 9.17) is 9.47 Å². The molecule has 0 aliphatic heterocycles. The van der Waals surface area contributed by atoms with Gasteiger partial charge >= 0.3 is 0 Å². The Morgan fingerprint density at radius 2 is 1.20 bits per heavy atom. The lowest BCUT2D eigenvalue weighted by Crippen LogP contribution is -2.09. The fraction of sp³-hybridized carbons (Fsp3) is 1.00. The Bertz CT molecular complexity index is 171. The van der Waals surface area contributed by atoms with E-state index in [0.29, 0.717) is 0 Å². The first-order valence-corrected chi connectivity index (χ1v) is 9.00. The Labute approximate surface area is 127 Å². The van der Waals surface area contributed by atoms with Crippen molar-refractivity contribution in [3.63, 3.8) is 0 Å². The second-order valence-corrected chi connectivity index (χ2v) is 5.81. The van der Waals surface area contributed by atoms with Gasteiger partial charge in [0.05, 0.1) is 13.2 Å². The summed E-state index contributed by atoms with van der Waals surface area (Å²) in [6.45, 7) is 9.80. The monoisotopic (exact) mass is 286 g/mol. The predicted octanol–water partition coefficient (Wildman–Crippen LogP) is 5.60. The van der Waals surface area contributed by atoms with Crippen molar-refractivity contribution in [1.29, 1.82) is 0 Å². The van der Waals surface area contributed by atoms with E-state index in [-0.39, 0.29) is 0 Å². The van der Waals surface area contributed by atoms with Crippen molar-refractivity contribution < 1.29 is 9.47 Å². The molecule has 0 N–H and O–H groups in total. The third-order valence-electron chi connectivity index (χ3n) is 3.93. The minimum Gasteiger partial charge on any atom is -0.379 e. The minimum atomic E-state index is 0.744. The van der Waals surface area contributed by atoms with Crippen LogP contribution in [0.2, 0.25) is 0 Å². The topological polar surface area (TPSA) is 18.5 Å². The summed E-state index contributed by atoms with van der Waals surface area (Å²) in [5, 5.41) is 0. The molecule has 0 bridgehead atoms. The molecule has 1 atom stereocenters. The second-order valence-electron chi connectivity index (χ2n) is 5.81. The van der Waals surface area contributed by atoms with Gasteiger partial charge in [0.15, 0.2) is 0 Å². The van der Waals surface area contributed by atoms with Crippen molar-refractivity contribution in [3.05, 3.63) is 0 Å². The molecule has 0 amide bonds. The Hall–Kier alpha value is -0.0800. The Morgan fingerprint density at radius 3 is 1.85 bits per heavy atom. The summed E-state index contributed by atoms with van der Waals surface area (Å²) in [6, 6.07) is 0. The van der Waals surface area contributed by atoms with Crippen molar-refractivity contribution in [3.8, 4) is 0 Å². The van der Waals surface area contributed by atoms with E-state index in [1.165, 1.54) is 64.2 Å². The van der Waals surface area contributed by atoms with Gasteiger partial charge in [0.2, 0.25) is 0 Å². The molecule has 0 aliphatic rings. The van der Waals surface area contributed by atoms with Crippen molar-refractivity contribution >= 4 is 0 Å². The Balaban J connectivity index is 3.62. The highest BCUT2D eigenvalue weighted by Gasteiger charge is 2.08. The normalized spacial score (nSPS) is 12.8. The van der Waals surface area contributed by atoms with E-state index in [9.17, 15) is 0 Å².